The molecule has 3 heteroatoms. The first kappa shape index (κ1) is 13.7. The van der Waals surface area contributed by atoms with E-state index in [4.69, 9.17) is 16.6 Å². The lowest BCUT2D eigenvalue weighted by atomic mass is 10.0. The SMILES string of the molecule is CC(C)c1cc(CCl)cc(N2CCCCC2C)n1. The Morgan fingerprint density at radius 2 is 2.17 bits per heavy atom. The van der Waals surface area contributed by atoms with E-state index in [-0.39, 0.29) is 0 Å². The zero-order valence-electron chi connectivity index (χ0n) is 11.6. The molecule has 0 radical (unpaired) electrons. The average molecular weight is 267 g/mol. The van der Waals surface area contributed by atoms with Crippen LogP contribution < -0.4 is 4.90 Å². The van der Waals surface area contributed by atoms with Crippen LogP contribution in [0, 0.1) is 0 Å². The molecule has 0 spiro atoms. The largest absolute Gasteiger partial charge is 0.354 e. The quantitative estimate of drug-likeness (QED) is 0.758. The predicted molar refractivity (Wildman–Crippen MR) is 78.5 cm³/mol. The first-order chi connectivity index (χ1) is 8.61. The summed E-state index contributed by atoms with van der Waals surface area (Å²) in [4.78, 5) is 7.26. The maximum Gasteiger partial charge on any atom is 0.129 e. The molecule has 1 aromatic heterocycles. The van der Waals surface area contributed by atoms with E-state index in [2.05, 4.69) is 37.8 Å². The molecular formula is C15H23ClN2. The van der Waals surface area contributed by atoms with Crippen LogP contribution in [-0.2, 0) is 5.88 Å². The van der Waals surface area contributed by atoms with Crippen molar-refractivity contribution in [2.75, 3.05) is 11.4 Å². The molecule has 1 aliphatic rings. The average Bonchev–Trinajstić information content (AvgIpc) is 2.38. The number of rotatable bonds is 3. The molecule has 0 N–H and O–H groups in total. The molecule has 2 heterocycles. The summed E-state index contributed by atoms with van der Waals surface area (Å²) >= 11 is 6.00. The van der Waals surface area contributed by atoms with Gasteiger partial charge < -0.3 is 4.90 Å². The number of nitrogens with zero attached hydrogens (tertiary/aromatic N) is 2. The molecule has 1 fully saturated rings. The second-order valence-electron chi connectivity index (χ2n) is 5.58. The smallest absolute Gasteiger partial charge is 0.129 e. The highest BCUT2D eigenvalue weighted by Crippen LogP contribution is 2.26. The Kier molecular flexibility index (Phi) is 4.50. The Labute approximate surface area is 115 Å². The second kappa shape index (κ2) is 5.92. The first-order valence-electron chi connectivity index (χ1n) is 6.95. The standard InChI is InChI=1S/C15H23ClN2/c1-11(2)14-8-13(10-16)9-15(17-14)18-7-5-4-6-12(18)3/h8-9,11-12H,4-7,10H2,1-3H3. The van der Waals surface area contributed by atoms with Crippen LogP contribution in [0.1, 0.15) is 57.2 Å². The number of alkyl halides is 1. The van der Waals surface area contributed by atoms with Gasteiger partial charge in [-0.05, 0) is 49.8 Å². The van der Waals surface area contributed by atoms with Crippen molar-refractivity contribution in [1.82, 2.24) is 4.98 Å². The molecule has 2 rings (SSSR count). The highest BCUT2D eigenvalue weighted by molar-refractivity contribution is 6.17. The molecule has 2 nitrogen and oxygen atoms in total. The van der Waals surface area contributed by atoms with Gasteiger partial charge >= 0.3 is 0 Å². The van der Waals surface area contributed by atoms with Crippen LogP contribution in [-0.4, -0.2) is 17.6 Å². The van der Waals surface area contributed by atoms with Gasteiger partial charge in [-0.25, -0.2) is 4.98 Å². The van der Waals surface area contributed by atoms with Crippen molar-refractivity contribution in [3.63, 3.8) is 0 Å². The van der Waals surface area contributed by atoms with Gasteiger partial charge in [-0.15, -0.1) is 11.6 Å². The van der Waals surface area contributed by atoms with Gasteiger partial charge in [-0.3, -0.25) is 0 Å². The molecular weight excluding hydrogens is 244 g/mol. The van der Waals surface area contributed by atoms with Gasteiger partial charge in [0.05, 0.1) is 0 Å². The van der Waals surface area contributed by atoms with Crippen molar-refractivity contribution in [3.05, 3.63) is 23.4 Å². The fraction of sp³-hybridized carbons (Fsp3) is 0.667. The van der Waals surface area contributed by atoms with Gasteiger partial charge in [0.25, 0.3) is 0 Å². The number of hydrogen-bond acceptors (Lipinski definition) is 2. The summed E-state index contributed by atoms with van der Waals surface area (Å²) in [6.07, 6.45) is 3.88. The predicted octanol–water partition coefficient (Wildman–Crippen LogP) is 4.32. The van der Waals surface area contributed by atoms with Crippen molar-refractivity contribution >= 4 is 17.4 Å². The summed E-state index contributed by atoms with van der Waals surface area (Å²) in [6, 6.07) is 4.88. The van der Waals surface area contributed by atoms with Crippen molar-refractivity contribution in [2.45, 2.75) is 57.9 Å². The Morgan fingerprint density at radius 3 is 2.78 bits per heavy atom. The maximum absolute atomic E-state index is 6.00. The lowest BCUT2D eigenvalue weighted by Gasteiger charge is -2.35. The first-order valence-corrected chi connectivity index (χ1v) is 7.48. The lowest BCUT2D eigenvalue weighted by molar-refractivity contribution is 0.480. The molecule has 1 saturated heterocycles. The van der Waals surface area contributed by atoms with E-state index in [0.29, 0.717) is 17.8 Å². The van der Waals surface area contributed by atoms with E-state index < -0.39 is 0 Å². The number of halogens is 1. The van der Waals surface area contributed by atoms with E-state index in [1.165, 1.54) is 24.8 Å². The van der Waals surface area contributed by atoms with Crippen LogP contribution >= 0.6 is 11.6 Å². The minimum absolute atomic E-state index is 0.451. The van der Waals surface area contributed by atoms with Crippen LogP contribution in [0.2, 0.25) is 0 Å². The normalized spacial score (nSPS) is 20.5. The molecule has 0 amide bonds. The van der Waals surface area contributed by atoms with Crippen LogP contribution in [0.15, 0.2) is 12.1 Å². The monoisotopic (exact) mass is 266 g/mol. The summed E-state index contributed by atoms with van der Waals surface area (Å²) in [6.45, 7) is 7.79. The van der Waals surface area contributed by atoms with E-state index in [1.54, 1.807) is 0 Å². The van der Waals surface area contributed by atoms with Crippen LogP contribution in [0.25, 0.3) is 0 Å². The summed E-state index contributed by atoms with van der Waals surface area (Å²) in [7, 11) is 0. The fourth-order valence-electron chi connectivity index (χ4n) is 2.55. The third-order valence-electron chi connectivity index (χ3n) is 3.73. The third-order valence-corrected chi connectivity index (χ3v) is 4.04. The van der Waals surface area contributed by atoms with E-state index in [0.717, 1.165) is 18.1 Å². The van der Waals surface area contributed by atoms with Crippen LogP contribution in [0.3, 0.4) is 0 Å². The molecule has 0 aliphatic carbocycles. The van der Waals surface area contributed by atoms with Crippen molar-refractivity contribution in [1.29, 1.82) is 0 Å². The molecule has 100 valence electrons. The minimum Gasteiger partial charge on any atom is -0.354 e. The van der Waals surface area contributed by atoms with Crippen molar-refractivity contribution < 1.29 is 0 Å². The zero-order valence-corrected chi connectivity index (χ0v) is 12.4. The van der Waals surface area contributed by atoms with Gasteiger partial charge in [-0.2, -0.15) is 0 Å². The number of piperidine rings is 1. The topological polar surface area (TPSA) is 16.1 Å². The lowest BCUT2D eigenvalue weighted by Crippen LogP contribution is -2.38. The summed E-state index contributed by atoms with van der Waals surface area (Å²) in [5, 5.41) is 0. The van der Waals surface area contributed by atoms with Gasteiger partial charge in [-0.1, -0.05) is 13.8 Å². The van der Waals surface area contributed by atoms with Crippen molar-refractivity contribution in [2.24, 2.45) is 0 Å². The Bertz CT molecular complexity index is 403. The van der Waals surface area contributed by atoms with Gasteiger partial charge in [0.1, 0.15) is 5.82 Å². The highest BCUT2D eigenvalue weighted by Gasteiger charge is 2.20. The summed E-state index contributed by atoms with van der Waals surface area (Å²) in [5.41, 5.74) is 2.34. The molecule has 1 atom stereocenters. The van der Waals surface area contributed by atoms with Crippen LogP contribution in [0.4, 0.5) is 5.82 Å². The maximum atomic E-state index is 6.00. The van der Waals surface area contributed by atoms with Gasteiger partial charge in [0, 0.05) is 24.2 Å². The molecule has 1 aromatic rings. The van der Waals surface area contributed by atoms with Crippen LogP contribution in [0.5, 0.6) is 0 Å². The Morgan fingerprint density at radius 1 is 1.39 bits per heavy atom. The Hall–Kier alpha value is -0.760. The second-order valence-corrected chi connectivity index (χ2v) is 5.85. The number of pyridine rings is 1. The zero-order chi connectivity index (χ0) is 13.1. The highest BCUT2D eigenvalue weighted by atomic mass is 35.5. The molecule has 0 saturated carbocycles. The molecule has 0 bridgehead atoms. The molecule has 1 unspecified atom stereocenters. The van der Waals surface area contributed by atoms with Gasteiger partial charge in [0.15, 0.2) is 0 Å². The van der Waals surface area contributed by atoms with Crippen molar-refractivity contribution in [3.8, 4) is 0 Å². The molecule has 18 heavy (non-hydrogen) atoms. The number of aromatic nitrogens is 1. The number of hydrogen-bond donors (Lipinski definition) is 0. The van der Waals surface area contributed by atoms with E-state index in [9.17, 15) is 0 Å². The fourth-order valence-corrected chi connectivity index (χ4v) is 2.71. The van der Waals surface area contributed by atoms with E-state index >= 15 is 0 Å². The molecule has 1 aliphatic heterocycles. The third kappa shape index (κ3) is 2.97. The minimum atomic E-state index is 0.451. The summed E-state index contributed by atoms with van der Waals surface area (Å²) in [5.74, 6) is 2.13. The summed E-state index contributed by atoms with van der Waals surface area (Å²) < 4.78 is 0. The Balaban J connectivity index is 2.33. The molecule has 0 aromatic carbocycles. The van der Waals surface area contributed by atoms with E-state index in [1.807, 2.05) is 0 Å². The van der Waals surface area contributed by atoms with Gasteiger partial charge in [0.2, 0.25) is 0 Å². The number of anilines is 1.